The predicted molar refractivity (Wildman–Crippen MR) is 112 cm³/mol. The molecule has 0 unspecified atom stereocenters. The zero-order valence-corrected chi connectivity index (χ0v) is 17.0. The lowest BCUT2D eigenvalue weighted by atomic mass is 9.65. The molecule has 0 radical (unpaired) electrons. The molecule has 1 N–H and O–H groups in total. The SMILES string of the molecule is COC(=O)Cc1ccc(F)c(-c2ccc(NCC3(c4ccccn4)CC(F)C3)nn2)c1. The van der Waals surface area contributed by atoms with Crippen molar-refractivity contribution >= 4 is 11.8 Å². The molecule has 0 bridgehead atoms. The first-order valence-corrected chi connectivity index (χ1v) is 9.98. The van der Waals surface area contributed by atoms with Gasteiger partial charge in [-0.15, -0.1) is 10.2 Å². The van der Waals surface area contributed by atoms with Gasteiger partial charge in [-0.05, 0) is 54.8 Å². The zero-order valence-electron chi connectivity index (χ0n) is 17.0. The molecule has 31 heavy (non-hydrogen) atoms. The summed E-state index contributed by atoms with van der Waals surface area (Å²) in [6.45, 7) is 0.474. The van der Waals surface area contributed by atoms with E-state index in [1.165, 1.54) is 19.2 Å². The molecule has 0 aliphatic heterocycles. The third kappa shape index (κ3) is 4.52. The molecule has 1 aliphatic rings. The van der Waals surface area contributed by atoms with Gasteiger partial charge in [0.2, 0.25) is 0 Å². The molecule has 0 spiro atoms. The van der Waals surface area contributed by atoms with E-state index < -0.39 is 18.0 Å². The fraction of sp³-hybridized carbons (Fsp3) is 0.304. The fourth-order valence-electron chi connectivity index (χ4n) is 3.86. The van der Waals surface area contributed by atoms with Crippen molar-refractivity contribution in [2.75, 3.05) is 19.0 Å². The van der Waals surface area contributed by atoms with E-state index in [-0.39, 0.29) is 17.4 Å². The number of rotatable bonds is 7. The van der Waals surface area contributed by atoms with Gasteiger partial charge in [-0.1, -0.05) is 12.1 Å². The minimum atomic E-state index is -0.836. The molecule has 2 heterocycles. The number of hydrogen-bond acceptors (Lipinski definition) is 6. The highest BCUT2D eigenvalue weighted by Gasteiger charge is 2.47. The second kappa shape index (κ2) is 8.75. The Balaban J connectivity index is 1.48. The Morgan fingerprint density at radius 1 is 1.19 bits per heavy atom. The lowest BCUT2D eigenvalue weighted by Gasteiger charge is -2.43. The van der Waals surface area contributed by atoms with Gasteiger partial charge in [0.25, 0.3) is 0 Å². The molecule has 0 saturated heterocycles. The molecule has 8 heteroatoms. The third-order valence-electron chi connectivity index (χ3n) is 5.59. The van der Waals surface area contributed by atoms with Crippen molar-refractivity contribution in [2.24, 2.45) is 0 Å². The summed E-state index contributed by atoms with van der Waals surface area (Å²) < 4.78 is 32.7. The summed E-state index contributed by atoms with van der Waals surface area (Å²) in [5.74, 6) is -0.356. The van der Waals surface area contributed by atoms with E-state index in [0.717, 1.165) is 5.69 Å². The normalized spacial score (nSPS) is 20.0. The number of nitrogens with zero attached hydrogens (tertiary/aromatic N) is 3. The Labute approximate surface area is 178 Å². The quantitative estimate of drug-likeness (QED) is 0.580. The maximum absolute atomic E-state index is 14.3. The van der Waals surface area contributed by atoms with Gasteiger partial charge < -0.3 is 10.1 Å². The lowest BCUT2D eigenvalue weighted by molar-refractivity contribution is -0.139. The summed E-state index contributed by atoms with van der Waals surface area (Å²) in [6.07, 6.45) is 1.72. The van der Waals surface area contributed by atoms with Crippen LogP contribution in [-0.4, -0.2) is 41.0 Å². The summed E-state index contributed by atoms with van der Waals surface area (Å²) in [6, 6.07) is 13.4. The van der Waals surface area contributed by atoms with E-state index in [4.69, 9.17) is 0 Å². The third-order valence-corrected chi connectivity index (χ3v) is 5.59. The maximum Gasteiger partial charge on any atom is 0.309 e. The number of nitrogens with one attached hydrogen (secondary N) is 1. The molecule has 160 valence electrons. The van der Waals surface area contributed by atoms with Gasteiger partial charge in [0.05, 0.1) is 19.2 Å². The number of methoxy groups -OCH3 is 1. The van der Waals surface area contributed by atoms with E-state index >= 15 is 0 Å². The molecule has 1 fully saturated rings. The Bertz CT molecular complexity index is 1050. The van der Waals surface area contributed by atoms with E-state index in [1.807, 2.05) is 18.2 Å². The van der Waals surface area contributed by atoms with Gasteiger partial charge in [0.15, 0.2) is 0 Å². The Hall–Kier alpha value is -3.42. The van der Waals surface area contributed by atoms with Crippen LogP contribution in [0, 0.1) is 5.82 Å². The molecule has 1 aliphatic carbocycles. The van der Waals surface area contributed by atoms with Crippen molar-refractivity contribution in [3.05, 3.63) is 71.8 Å². The van der Waals surface area contributed by atoms with Gasteiger partial charge in [0.1, 0.15) is 17.8 Å². The molecule has 6 nitrogen and oxygen atoms in total. The van der Waals surface area contributed by atoms with Gasteiger partial charge in [-0.25, -0.2) is 8.78 Å². The van der Waals surface area contributed by atoms with Gasteiger partial charge in [-0.3, -0.25) is 9.78 Å². The van der Waals surface area contributed by atoms with E-state index in [9.17, 15) is 13.6 Å². The average Bonchev–Trinajstić information content (AvgIpc) is 2.78. The first kappa shape index (κ1) is 20.8. The van der Waals surface area contributed by atoms with Gasteiger partial charge in [-0.2, -0.15) is 0 Å². The smallest absolute Gasteiger partial charge is 0.309 e. The average molecular weight is 424 g/mol. The van der Waals surface area contributed by atoms with Crippen LogP contribution in [0.5, 0.6) is 0 Å². The number of ether oxygens (including phenoxy) is 1. The predicted octanol–water partition coefficient (Wildman–Crippen LogP) is 3.88. The highest BCUT2D eigenvalue weighted by molar-refractivity contribution is 5.73. The second-order valence-electron chi connectivity index (χ2n) is 7.73. The van der Waals surface area contributed by atoms with Crippen LogP contribution in [-0.2, 0) is 21.4 Å². The molecule has 4 rings (SSSR count). The highest BCUT2D eigenvalue weighted by atomic mass is 19.1. The van der Waals surface area contributed by atoms with Crippen molar-refractivity contribution in [3.8, 4) is 11.3 Å². The molecular weight excluding hydrogens is 402 g/mol. The standard InChI is InChI=1S/C23H22F2N4O2/c1-31-22(30)11-15-5-6-18(25)17(10-15)19-7-8-21(29-28-19)27-14-23(12-16(24)13-23)20-4-2-3-9-26-20/h2-10,16H,11-14H2,1H3,(H,27,29). The molecule has 1 aromatic carbocycles. The molecule has 0 atom stereocenters. The minimum Gasteiger partial charge on any atom is -0.469 e. The van der Waals surface area contributed by atoms with Crippen molar-refractivity contribution in [2.45, 2.75) is 30.8 Å². The van der Waals surface area contributed by atoms with Crippen LogP contribution < -0.4 is 5.32 Å². The lowest BCUT2D eigenvalue weighted by Crippen LogP contribution is -2.48. The Kier molecular flexibility index (Phi) is 5.88. The second-order valence-corrected chi connectivity index (χ2v) is 7.73. The Morgan fingerprint density at radius 2 is 2.03 bits per heavy atom. The summed E-state index contributed by atoms with van der Waals surface area (Å²) in [5, 5.41) is 11.5. The first-order chi connectivity index (χ1) is 15.0. The van der Waals surface area contributed by atoms with Gasteiger partial charge in [0, 0.05) is 29.4 Å². The summed E-state index contributed by atoms with van der Waals surface area (Å²) in [5.41, 5.74) is 1.70. The van der Waals surface area contributed by atoms with Crippen molar-refractivity contribution < 1.29 is 18.3 Å². The summed E-state index contributed by atoms with van der Waals surface area (Å²) >= 11 is 0. The molecule has 0 amide bonds. The molecule has 1 saturated carbocycles. The van der Waals surface area contributed by atoms with Crippen LogP contribution in [0.3, 0.4) is 0 Å². The van der Waals surface area contributed by atoms with Crippen LogP contribution in [0.1, 0.15) is 24.1 Å². The summed E-state index contributed by atoms with van der Waals surface area (Å²) in [7, 11) is 1.30. The number of carbonyl (C=O) groups excluding carboxylic acids is 1. The minimum absolute atomic E-state index is 0.0437. The van der Waals surface area contributed by atoms with Crippen LogP contribution in [0.2, 0.25) is 0 Å². The van der Waals surface area contributed by atoms with E-state index in [0.29, 0.717) is 36.5 Å². The van der Waals surface area contributed by atoms with Crippen molar-refractivity contribution in [3.63, 3.8) is 0 Å². The molecule has 3 aromatic rings. The maximum atomic E-state index is 14.3. The van der Waals surface area contributed by atoms with Gasteiger partial charge >= 0.3 is 5.97 Å². The van der Waals surface area contributed by atoms with Crippen LogP contribution in [0.4, 0.5) is 14.6 Å². The highest BCUT2D eigenvalue weighted by Crippen LogP contribution is 2.44. The van der Waals surface area contributed by atoms with Crippen LogP contribution >= 0.6 is 0 Å². The topological polar surface area (TPSA) is 77.0 Å². The molecule has 2 aromatic heterocycles. The Morgan fingerprint density at radius 3 is 2.68 bits per heavy atom. The number of anilines is 1. The molecular formula is C23H22F2N4O2. The first-order valence-electron chi connectivity index (χ1n) is 9.98. The number of pyridine rings is 1. The van der Waals surface area contributed by atoms with Crippen LogP contribution in [0.15, 0.2) is 54.7 Å². The number of alkyl halides is 1. The number of esters is 1. The van der Waals surface area contributed by atoms with Crippen molar-refractivity contribution in [1.82, 2.24) is 15.2 Å². The zero-order chi connectivity index (χ0) is 21.8. The monoisotopic (exact) mass is 424 g/mol. The number of hydrogen-bond donors (Lipinski definition) is 1. The largest absolute Gasteiger partial charge is 0.469 e. The number of benzene rings is 1. The van der Waals surface area contributed by atoms with E-state index in [2.05, 4.69) is 25.2 Å². The number of halogens is 2. The van der Waals surface area contributed by atoms with E-state index in [1.54, 1.807) is 24.4 Å². The van der Waals surface area contributed by atoms with Crippen molar-refractivity contribution in [1.29, 1.82) is 0 Å². The number of carbonyl (C=O) groups is 1. The fourth-order valence-corrected chi connectivity index (χ4v) is 3.86. The summed E-state index contributed by atoms with van der Waals surface area (Å²) in [4.78, 5) is 15.9. The number of aromatic nitrogens is 3. The van der Waals surface area contributed by atoms with Crippen LogP contribution in [0.25, 0.3) is 11.3 Å².